The molecule has 0 spiro atoms. The molecule has 1 unspecified atom stereocenters. The van der Waals surface area contributed by atoms with Crippen LogP contribution in [0.3, 0.4) is 0 Å². The summed E-state index contributed by atoms with van der Waals surface area (Å²) in [5.41, 5.74) is 2.20. The van der Waals surface area contributed by atoms with Crippen LogP contribution in [-0.4, -0.2) is 58.9 Å². The third kappa shape index (κ3) is 5.61. The fraction of sp³-hybridized carbons (Fsp3) is 0.458. The van der Waals surface area contributed by atoms with Crippen molar-refractivity contribution in [2.45, 2.75) is 25.4 Å². The third-order valence-electron chi connectivity index (χ3n) is 5.70. The van der Waals surface area contributed by atoms with Crippen molar-refractivity contribution in [3.8, 4) is 17.2 Å². The van der Waals surface area contributed by atoms with E-state index in [2.05, 4.69) is 32.7 Å². The average Bonchev–Trinajstić information content (AvgIpc) is 3.35. The Bertz CT molecular complexity index is 866. The number of methoxy groups -OCH3 is 3. The molecule has 1 atom stereocenters. The van der Waals surface area contributed by atoms with Gasteiger partial charge < -0.3 is 24.8 Å². The van der Waals surface area contributed by atoms with Gasteiger partial charge in [0.1, 0.15) is 5.75 Å². The summed E-state index contributed by atoms with van der Waals surface area (Å²) >= 11 is 0. The van der Waals surface area contributed by atoms with E-state index in [0.717, 1.165) is 48.4 Å². The van der Waals surface area contributed by atoms with Gasteiger partial charge in [-0.15, -0.1) is 0 Å². The van der Waals surface area contributed by atoms with E-state index in [-0.39, 0.29) is 6.04 Å². The molecule has 1 fully saturated rings. The van der Waals surface area contributed by atoms with Crippen LogP contribution >= 0.6 is 0 Å². The molecule has 0 radical (unpaired) electrons. The van der Waals surface area contributed by atoms with Crippen LogP contribution in [0.5, 0.6) is 17.2 Å². The van der Waals surface area contributed by atoms with Crippen molar-refractivity contribution in [1.29, 1.82) is 0 Å². The Kier molecular flexibility index (Phi) is 8.41. The van der Waals surface area contributed by atoms with Crippen molar-refractivity contribution >= 4 is 5.96 Å². The minimum atomic E-state index is 0.212. The van der Waals surface area contributed by atoms with Crippen LogP contribution in [0, 0.1) is 0 Å². The number of guanidine groups is 1. The fourth-order valence-electron chi connectivity index (χ4n) is 4.12. The van der Waals surface area contributed by atoms with Gasteiger partial charge in [-0.1, -0.05) is 30.3 Å². The maximum Gasteiger partial charge on any atom is 0.191 e. The van der Waals surface area contributed by atoms with Gasteiger partial charge in [0.25, 0.3) is 0 Å². The molecule has 0 aliphatic carbocycles. The Morgan fingerprint density at radius 2 is 1.65 bits per heavy atom. The van der Waals surface area contributed by atoms with E-state index in [1.165, 1.54) is 18.4 Å². The molecule has 0 amide bonds. The summed E-state index contributed by atoms with van der Waals surface area (Å²) in [6.45, 7) is 3.49. The molecular weight excluding hydrogens is 392 g/mol. The first-order valence-electron chi connectivity index (χ1n) is 10.7. The zero-order chi connectivity index (χ0) is 22.1. The fourth-order valence-corrected chi connectivity index (χ4v) is 4.12. The molecule has 168 valence electrons. The first kappa shape index (κ1) is 22.7. The van der Waals surface area contributed by atoms with Crippen LogP contribution < -0.4 is 24.8 Å². The summed E-state index contributed by atoms with van der Waals surface area (Å²) in [5, 5.41) is 6.89. The second-order valence-corrected chi connectivity index (χ2v) is 7.46. The maximum absolute atomic E-state index is 5.65. The van der Waals surface area contributed by atoms with Crippen LogP contribution in [0.25, 0.3) is 0 Å². The van der Waals surface area contributed by atoms with E-state index in [0.29, 0.717) is 6.54 Å². The third-order valence-corrected chi connectivity index (χ3v) is 5.70. The number of rotatable bonds is 9. The molecule has 3 rings (SSSR count). The molecule has 1 aliphatic heterocycles. The van der Waals surface area contributed by atoms with E-state index in [1.54, 1.807) is 28.4 Å². The van der Waals surface area contributed by atoms with E-state index >= 15 is 0 Å². The monoisotopic (exact) mass is 426 g/mol. The molecule has 2 N–H and O–H groups in total. The predicted octanol–water partition coefficient (Wildman–Crippen LogP) is 3.21. The molecule has 0 bridgehead atoms. The highest BCUT2D eigenvalue weighted by atomic mass is 16.5. The quantitative estimate of drug-likeness (QED) is 0.474. The topological polar surface area (TPSA) is 67.4 Å². The SMILES string of the molecule is CN=C(NCc1cccc(OC)c1OC)NCC(c1ccccc1OC)N1CCCC1. The number of likely N-dealkylation sites (tertiary alicyclic amines) is 1. The van der Waals surface area contributed by atoms with Gasteiger partial charge in [-0.25, -0.2) is 0 Å². The lowest BCUT2D eigenvalue weighted by atomic mass is 10.0. The number of hydrogen-bond donors (Lipinski definition) is 2. The first-order chi connectivity index (χ1) is 15.2. The number of nitrogens with zero attached hydrogens (tertiary/aromatic N) is 2. The minimum Gasteiger partial charge on any atom is -0.496 e. The van der Waals surface area contributed by atoms with E-state index in [9.17, 15) is 0 Å². The number of para-hydroxylation sites is 2. The molecule has 1 saturated heterocycles. The Hall–Kier alpha value is -2.93. The lowest BCUT2D eigenvalue weighted by Gasteiger charge is -2.30. The molecule has 7 heteroatoms. The largest absolute Gasteiger partial charge is 0.496 e. The van der Waals surface area contributed by atoms with Crippen molar-refractivity contribution < 1.29 is 14.2 Å². The highest BCUT2D eigenvalue weighted by Crippen LogP contribution is 2.32. The van der Waals surface area contributed by atoms with Crippen LogP contribution in [0.4, 0.5) is 0 Å². The molecule has 0 aromatic heterocycles. The summed E-state index contributed by atoms with van der Waals surface area (Å²) < 4.78 is 16.6. The smallest absolute Gasteiger partial charge is 0.191 e. The molecule has 7 nitrogen and oxygen atoms in total. The average molecular weight is 427 g/mol. The number of aliphatic imine (C=N–C) groups is 1. The second-order valence-electron chi connectivity index (χ2n) is 7.46. The van der Waals surface area contributed by atoms with Crippen molar-refractivity contribution in [2.24, 2.45) is 4.99 Å². The molecule has 2 aromatic rings. The van der Waals surface area contributed by atoms with Gasteiger partial charge in [0, 0.05) is 31.3 Å². The Labute approximate surface area is 185 Å². The second kappa shape index (κ2) is 11.5. The van der Waals surface area contributed by atoms with Gasteiger partial charge >= 0.3 is 0 Å². The normalized spacial score (nSPS) is 15.4. The Balaban J connectivity index is 1.69. The molecule has 0 saturated carbocycles. The van der Waals surface area contributed by atoms with Crippen LogP contribution in [-0.2, 0) is 6.54 Å². The summed E-state index contributed by atoms with van der Waals surface area (Å²) in [7, 11) is 6.82. The molecule has 31 heavy (non-hydrogen) atoms. The summed E-state index contributed by atoms with van der Waals surface area (Å²) in [6.07, 6.45) is 2.46. The molecule has 1 heterocycles. The van der Waals surface area contributed by atoms with Gasteiger partial charge in [0.05, 0.1) is 27.4 Å². The predicted molar refractivity (Wildman–Crippen MR) is 124 cm³/mol. The van der Waals surface area contributed by atoms with Crippen molar-refractivity contribution in [1.82, 2.24) is 15.5 Å². The standard InChI is InChI=1S/C24H34N4O3/c1-25-24(26-16-18-10-9-13-22(30-3)23(18)31-4)27-17-20(28-14-7-8-15-28)19-11-5-6-12-21(19)29-2/h5-6,9-13,20H,7-8,14-17H2,1-4H3,(H2,25,26,27). The summed E-state index contributed by atoms with van der Waals surface area (Å²) in [5.74, 6) is 3.11. The molecule has 2 aromatic carbocycles. The van der Waals surface area contributed by atoms with Crippen LogP contribution in [0.2, 0.25) is 0 Å². The van der Waals surface area contributed by atoms with Crippen LogP contribution in [0.15, 0.2) is 47.5 Å². The maximum atomic E-state index is 5.65. The highest BCUT2D eigenvalue weighted by molar-refractivity contribution is 5.79. The summed E-state index contributed by atoms with van der Waals surface area (Å²) in [4.78, 5) is 6.93. The van der Waals surface area contributed by atoms with Crippen molar-refractivity contribution in [3.63, 3.8) is 0 Å². The zero-order valence-electron chi connectivity index (χ0n) is 19.0. The Morgan fingerprint density at radius 3 is 2.32 bits per heavy atom. The van der Waals surface area contributed by atoms with Crippen molar-refractivity contribution in [2.75, 3.05) is 48.0 Å². The van der Waals surface area contributed by atoms with E-state index < -0.39 is 0 Å². The lowest BCUT2D eigenvalue weighted by molar-refractivity contribution is 0.239. The number of nitrogens with one attached hydrogen (secondary N) is 2. The Morgan fingerprint density at radius 1 is 0.935 bits per heavy atom. The highest BCUT2D eigenvalue weighted by Gasteiger charge is 2.26. The molecule has 1 aliphatic rings. The molecular formula is C24H34N4O3. The first-order valence-corrected chi connectivity index (χ1v) is 10.7. The minimum absolute atomic E-state index is 0.212. The van der Waals surface area contributed by atoms with Gasteiger partial charge in [0.15, 0.2) is 17.5 Å². The van der Waals surface area contributed by atoms with Gasteiger partial charge in [-0.2, -0.15) is 0 Å². The van der Waals surface area contributed by atoms with Gasteiger partial charge in [0.2, 0.25) is 0 Å². The van der Waals surface area contributed by atoms with Crippen LogP contribution in [0.1, 0.15) is 30.0 Å². The van der Waals surface area contributed by atoms with Crippen molar-refractivity contribution in [3.05, 3.63) is 53.6 Å². The van der Waals surface area contributed by atoms with E-state index in [1.807, 2.05) is 30.3 Å². The van der Waals surface area contributed by atoms with E-state index in [4.69, 9.17) is 14.2 Å². The van der Waals surface area contributed by atoms with Gasteiger partial charge in [-0.3, -0.25) is 9.89 Å². The summed E-state index contributed by atoms with van der Waals surface area (Å²) in [6, 6.07) is 14.3. The number of benzene rings is 2. The zero-order valence-corrected chi connectivity index (χ0v) is 19.0. The number of hydrogen-bond acceptors (Lipinski definition) is 5. The van der Waals surface area contributed by atoms with Gasteiger partial charge in [-0.05, 0) is 38.1 Å². The lowest BCUT2D eigenvalue weighted by Crippen LogP contribution is -2.42. The number of ether oxygens (including phenoxy) is 3.